The number of hydrogen-bond acceptors (Lipinski definition) is 2. The lowest BCUT2D eigenvalue weighted by molar-refractivity contribution is 0.669. The van der Waals surface area contributed by atoms with Crippen LogP contribution in [0.3, 0.4) is 0 Å². The lowest BCUT2D eigenvalue weighted by atomic mass is 9.90. The predicted octanol–water partition coefficient (Wildman–Crippen LogP) is 14.9. The maximum Gasteiger partial charge on any atom is 0.136 e. The van der Waals surface area contributed by atoms with Gasteiger partial charge in [-0.1, -0.05) is 152 Å². The third-order valence-electron chi connectivity index (χ3n) is 10.4. The van der Waals surface area contributed by atoms with Crippen LogP contribution in [0, 0.1) is 0 Å². The highest BCUT2D eigenvalue weighted by Crippen LogP contribution is 2.49. The van der Waals surface area contributed by atoms with E-state index < -0.39 is 0 Å². The van der Waals surface area contributed by atoms with Crippen LogP contribution in [0.25, 0.3) is 77.2 Å². The number of para-hydroxylation sites is 1. The molecule has 10 aromatic rings. The summed E-state index contributed by atoms with van der Waals surface area (Å²) in [7, 11) is 0. The summed E-state index contributed by atoms with van der Waals surface area (Å²) in [4.78, 5) is 2.41. The molecule has 0 aliphatic heterocycles. The number of furan rings is 1. The predicted molar refractivity (Wildman–Crippen MR) is 228 cm³/mol. The molecule has 0 saturated carbocycles. The van der Waals surface area contributed by atoms with Crippen molar-refractivity contribution in [2.24, 2.45) is 0 Å². The standard InChI is InChI=1S/C52H35NO/c1-4-14-36(15-5-1)40-24-27-45(28-25-40)53(46-29-26-39-20-10-11-21-41(39)35-46)48-30-31-50-52(47-22-12-13-23-49(47)54-50)51(48)44-33-42(37-16-6-2-7-17-37)32-43(34-44)38-18-8-3-9-19-38/h1-35H. The summed E-state index contributed by atoms with van der Waals surface area (Å²) < 4.78 is 6.59. The average Bonchev–Trinajstić information content (AvgIpc) is 3.63. The summed E-state index contributed by atoms with van der Waals surface area (Å²) in [5, 5.41) is 4.59. The summed E-state index contributed by atoms with van der Waals surface area (Å²) in [5.41, 5.74) is 14.2. The van der Waals surface area contributed by atoms with Crippen LogP contribution >= 0.6 is 0 Å². The monoisotopic (exact) mass is 689 g/mol. The fourth-order valence-electron chi connectivity index (χ4n) is 7.83. The molecule has 0 N–H and O–H groups in total. The molecule has 0 atom stereocenters. The first kappa shape index (κ1) is 31.6. The fraction of sp³-hybridized carbons (Fsp3) is 0. The SMILES string of the molecule is c1ccc(-c2ccc(N(c3ccc4ccccc4c3)c3ccc4oc5ccccc5c4c3-c3cc(-c4ccccc4)cc(-c4ccccc4)c3)cc2)cc1. The molecule has 254 valence electrons. The Hall–Kier alpha value is -7.16. The summed E-state index contributed by atoms with van der Waals surface area (Å²) in [6.07, 6.45) is 0. The maximum atomic E-state index is 6.59. The van der Waals surface area contributed by atoms with Crippen LogP contribution in [0.1, 0.15) is 0 Å². The summed E-state index contributed by atoms with van der Waals surface area (Å²) >= 11 is 0. The van der Waals surface area contributed by atoms with E-state index in [9.17, 15) is 0 Å². The molecule has 2 heteroatoms. The molecule has 54 heavy (non-hydrogen) atoms. The van der Waals surface area contributed by atoms with Gasteiger partial charge in [-0.25, -0.2) is 0 Å². The number of anilines is 3. The van der Waals surface area contributed by atoms with Crippen LogP contribution in [0.15, 0.2) is 217 Å². The summed E-state index contributed by atoms with van der Waals surface area (Å²) in [6, 6.07) is 76.0. The van der Waals surface area contributed by atoms with E-state index >= 15 is 0 Å². The van der Waals surface area contributed by atoms with Crippen LogP contribution < -0.4 is 4.90 Å². The van der Waals surface area contributed by atoms with E-state index in [0.29, 0.717) is 0 Å². The lowest BCUT2D eigenvalue weighted by Gasteiger charge is -2.29. The zero-order valence-electron chi connectivity index (χ0n) is 29.6. The third kappa shape index (κ3) is 5.71. The van der Waals surface area contributed by atoms with Crippen LogP contribution in [0.5, 0.6) is 0 Å². The molecule has 0 aliphatic carbocycles. The molecular formula is C52H35NO. The summed E-state index contributed by atoms with van der Waals surface area (Å²) in [6.45, 7) is 0. The first-order valence-electron chi connectivity index (χ1n) is 18.4. The van der Waals surface area contributed by atoms with Crippen molar-refractivity contribution in [1.82, 2.24) is 0 Å². The van der Waals surface area contributed by atoms with Gasteiger partial charge >= 0.3 is 0 Å². The van der Waals surface area contributed by atoms with E-state index in [1.54, 1.807) is 0 Å². The number of rotatable bonds is 7. The minimum Gasteiger partial charge on any atom is -0.456 e. The molecule has 0 radical (unpaired) electrons. The molecule has 2 nitrogen and oxygen atoms in total. The van der Waals surface area contributed by atoms with Crippen molar-refractivity contribution >= 4 is 49.8 Å². The van der Waals surface area contributed by atoms with Crippen molar-refractivity contribution < 1.29 is 4.42 Å². The first-order valence-corrected chi connectivity index (χ1v) is 18.4. The van der Waals surface area contributed by atoms with Crippen molar-refractivity contribution in [3.63, 3.8) is 0 Å². The van der Waals surface area contributed by atoms with E-state index in [0.717, 1.165) is 61.3 Å². The second-order valence-electron chi connectivity index (χ2n) is 13.7. The van der Waals surface area contributed by atoms with Gasteiger partial charge < -0.3 is 9.32 Å². The molecule has 9 aromatic carbocycles. The van der Waals surface area contributed by atoms with Crippen LogP contribution in [-0.4, -0.2) is 0 Å². The number of benzene rings is 9. The number of fused-ring (bicyclic) bond motifs is 4. The van der Waals surface area contributed by atoms with Gasteiger partial charge in [0.25, 0.3) is 0 Å². The van der Waals surface area contributed by atoms with Gasteiger partial charge in [0.05, 0.1) is 5.69 Å². The second kappa shape index (κ2) is 13.4. The van der Waals surface area contributed by atoms with Crippen molar-refractivity contribution in [2.45, 2.75) is 0 Å². The van der Waals surface area contributed by atoms with Crippen molar-refractivity contribution in [3.05, 3.63) is 212 Å². The largest absolute Gasteiger partial charge is 0.456 e. The smallest absolute Gasteiger partial charge is 0.136 e. The molecule has 0 bridgehead atoms. The minimum absolute atomic E-state index is 0.860. The van der Waals surface area contributed by atoms with Gasteiger partial charge in [0.2, 0.25) is 0 Å². The Morgan fingerprint density at radius 2 is 0.833 bits per heavy atom. The van der Waals surface area contributed by atoms with Gasteiger partial charge in [0.15, 0.2) is 0 Å². The van der Waals surface area contributed by atoms with Gasteiger partial charge in [-0.05, 0) is 110 Å². The number of hydrogen-bond donors (Lipinski definition) is 0. The van der Waals surface area contributed by atoms with Crippen LogP contribution in [-0.2, 0) is 0 Å². The molecule has 1 aromatic heterocycles. The van der Waals surface area contributed by atoms with Crippen molar-refractivity contribution in [2.75, 3.05) is 4.90 Å². The molecule has 0 fully saturated rings. The topological polar surface area (TPSA) is 16.4 Å². The first-order chi connectivity index (χ1) is 26.8. The normalized spacial score (nSPS) is 11.3. The average molecular weight is 690 g/mol. The van der Waals surface area contributed by atoms with Gasteiger partial charge in [-0.3, -0.25) is 0 Å². The Labute approximate surface area is 314 Å². The molecule has 0 saturated heterocycles. The zero-order chi connectivity index (χ0) is 35.8. The van der Waals surface area contributed by atoms with Gasteiger partial charge in [-0.2, -0.15) is 0 Å². The molecular weight excluding hydrogens is 655 g/mol. The minimum atomic E-state index is 0.860. The van der Waals surface area contributed by atoms with Crippen LogP contribution in [0.2, 0.25) is 0 Å². The highest BCUT2D eigenvalue weighted by molar-refractivity contribution is 6.17. The fourth-order valence-corrected chi connectivity index (χ4v) is 7.83. The van der Waals surface area contributed by atoms with E-state index in [2.05, 4.69) is 211 Å². The Kier molecular flexibility index (Phi) is 7.85. The maximum absolute atomic E-state index is 6.59. The van der Waals surface area contributed by atoms with E-state index in [-0.39, 0.29) is 0 Å². The summed E-state index contributed by atoms with van der Waals surface area (Å²) in [5.74, 6) is 0. The van der Waals surface area contributed by atoms with Crippen molar-refractivity contribution in [3.8, 4) is 44.5 Å². The van der Waals surface area contributed by atoms with E-state index in [1.807, 2.05) is 6.07 Å². The Morgan fingerprint density at radius 3 is 1.50 bits per heavy atom. The number of nitrogens with zero attached hydrogens (tertiary/aromatic N) is 1. The molecule has 0 aliphatic rings. The van der Waals surface area contributed by atoms with Crippen molar-refractivity contribution in [1.29, 1.82) is 0 Å². The second-order valence-corrected chi connectivity index (χ2v) is 13.7. The Morgan fingerprint density at radius 1 is 0.315 bits per heavy atom. The molecule has 0 spiro atoms. The van der Waals surface area contributed by atoms with E-state index in [1.165, 1.54) is 33.0 Å². The Bertz CT molecular complexity index is 2850. The van der Waals surface area contributed by atoms with Gasteiger partial charge in [-0.15, -0.1) is 0 Å². The Balaban J connectivity index is 1.29. The highest BCUT2D eigenvalue weighted by atomic mass is 16.3. The lowest BCUT2D eigenvalue weighted by Crippen LogP contribution is -2.11. The molecule has 10 rings (SSSR count). The zero-order valence-corrected chi connectivity index (χ0v) is 29.6. The molecule has 0 unspecified atom stereocenters. The van der Waals surface area contributed by atoms with Gasteiger partial charge in [0.1, 0.15) is 11.2 Å². The molecule has 0 amide bonds. The third-order valence-corrected chi connectivity index (χ3v) is 10.4. The quantitative estimate of drug-likeness (QED) is 0.166. The van der Waals surface area contributed by atoms with E-state index in [4.69, 9.17) is 4.42 Å². The molecule has 1 heterocycles. The van der Waals surface area contributed by atoms with Gasteiger partial charge in [0, 0.05) is 27.7 Å². The highest BCUT2D eigenvalue weighted by Gasteiger charge is 2.24. The van der Waals surface area contributed by atoms with Crippen LogP contribution in [0.4, 0.5) is 17.1 Å².